The third kappa shape index (κ3) is 4.87. The highest BCUT2D eigenvalue weighted by molar-refractivity contribution is 7.89. The van der Waals surface area contributed by atoms with Crippen LogP contribution in [0.1, 0.15) is 26.3 Å². The van der Waals surface area contributed by atoms with Crippen molar-refractivity contribution in [3.8, 4) is 5.75 Å². The lowest BCUT2D eigenvalue weighted by Gasteiger charge is -2.19. The van der Waals surface area contributed by atoms with Gasteiger partial charge in [0.1, 0.15) is 12.4 Å². The topological polar surface area (TPSA) is 55.4 Å². The molecule has 0 aliphatic carbocycles. The van der Waals surface area contributed by atoms with Crippen LogP contribution in [0.25, 0.3) is 10.8 Å². The normalized spacial score (nSPS) is 12.3. The Morgan fingerprint density at radius 2 is 1.56 bits per heavy atom. The molecule has 0 bridgehead atoms. The van der Waals surface area contributed by atoms with Crippen LogP contribution in [0.5, 0.6) is 5.75 Å². The molecule has 142 valence electrons. The summed E-state index contributed by atoms with van der Waals surface area (Å²) in [6.07, 6.45) is 0. The quantitative estimate of drug-likeness (QED) is 0.638. The van der Waals surface area contributed by atoms with Crippen molar-refractivity contribution >= 4 is 20.8 Å². The number of ether oxygens (including phenoxy) is 1. The molecule has 0 aliphatic rings. The van der Waals surface area contributed by atoms with Gasteiger partial charge in [-0.05, 0) is 46.0 Å². The molecule has 0 heterocycles. The second-order valence-electron chi connectivity index (χ2n) is 7.53. The second-order valence-corrected chi connectivity index (χ2v) is 9.30. The maximum atomic E-state index is 12.5. The van der Waals surface area contributed by atoms with Gasteiger partial charge in [0.15, 0.2) is 0 Å². The van der Waals surface area contributed by atoms with Crippen LogP contribution in [0.2, 0.25) is 0 Å². The Morgan fingerprint density at radius 3 is 2.22 bits per heavy atom. The number of hydrogen-bond donors (Lipinski definition) is 1. The van der Waals surface area contributed by atoms with E-state index in [2.05, 4.69) is 25.5 Å². The van der Waals surface area contributed by atoms with Crippen molar-refractivity contribution in [2.75, 3.05) is 13.2 Å². The number of sulfonamides is 1. The molecule has 0 aromatic heterocycles. The van der Waals surface area contributed by atoms with Crippen molar-refractivity contribution in [1.82, 2.24) is 4.72 Å². The fourth-order valence-corrected chi connectivity index (χ4v) is 3.86. The molecule has 1 N–H and O–H groups in total. The number of nitrogens with one attached hydrogen (secondary N) is 1. The molecule has 0 radical (unpaired) electrons. The van der Waals surface area contributed by atoms with E-state index in [0.717, 1.165) is 16.5 Å². The maximum absolute atomic E-state index is 12.5. The van der Waals surface area contributed by atoms with Crippen LogP contribution in [0.3, 0.4) is 0 Å². The van der Waals surface area contributed by atoms with Crippen molar-refractivity contribution in [2.45, 2.75) is 31.1 Å². The van der Waals surface area contributed by atoms with Crippen molar-refractivity contribution in [2.24, 2.45) is 0 Å². The average molecular weight is 384 g/mol. The summed E-state index contributed by atoms with van der Waals surface area (Å²) in [4.78, 5) is 0.260. The summed E-state index contributed by atoms with van der Waals surface area (Å²) in [5, 5.41) is 1.91. The van der Waals surface area contributed by atoms with Crippen LogP contribution in [0, 0.1) is 0 Å². The lowest BCUT2D eigenvalue weighted by Crippen LogP contribution is -2.28. The molecular formula is C22H25NO3S. The largest absolute Gasteiger partial charge is 0.492 e. The Labute approximate surface area is 161 Å². The standard InChI is InChI=1S/C22H25NO3S/c1-22(2,3)19-9-11-20(12-10-19)26-15-14-23-27(24,25)21-13-8-17-6-4-5-7-18(17)16-21/h4-13,16,23H,14-15H2,1-3H3. The molecule has 0 fully saturated rings. The summed E-state index contributed by atoms with van der Waals surface area (Å²) in [7, 11) is -3.56. The van der Waals surface area contributed by atoms with Gasteiger partial charge in [0.2, 0.25) is 10.0 Å². The molecule has 5 heteroatoms. The van der Waals surface area contributed by atoms with Crippen LogP contribution in [0.15, 0.2) is 71.6 Å². The molecule has 0 unspecified atom stereocenters. The minimum absolute atomic E-state index is 0.0913. The number of hydrogen-bond acceptors (Lipinski definition) is 3. The molecule has 3 aromatic carbocycles. The second kappa shape index (κ2) is 7.71. The van der Waals surface area contributed by atoms with Crippen LogP contribution in [-0.4, -0.2) is 21.6 Å². The number of benzene rings is 3. The Hall–Kier alpha value is -2.37. The van der Waals surface area contributed by atoms with E-state index < -0.39 is 10.0 Å². The average Bonchev–Trinajstić information content (AvgIpc) is 2.64. The first-order valence-corrected chi connectivity index (χ1v) is 10.5. The Morgan fingerprint density at radius 1 is 0.889 bits per heavy atom. The Bertz CT molecular complexity index is 1020. The SMILES string of the molecule is CC(C)(C)c1ccc(OCCNS(=O)(=O)c2ccc3ccccc3c2)cc1. The van der Waals surface area contributed by atoms with Gasteiger partial charge in [0, 0.05) is 6.54 Å². The fourth-order valence-electron chi connectivity index (χ4n) is 2.81. The lowest BCUT2D eigenvalue weighted by molar-refractivity contribution is 0.322. The van der Waals surface area contributed by atoms with Gasteiger partial charge in [0.25, 0.3) is 0 Å². The molecule has 0 atom stereocenters. The third-order valence-corrected chi connectivity index (χ3v) is 5.87. The minimum atomic E-state index is -3.56. The van der Waals surface area contributed by atoms with Crippen molar-refractivity contribution in [3.63, 3.8) is 0 Å². The molecule has 3 rings (SSSR count). The zero-order valence-electron chi connectivity index (χ0n) is 15.9. The zero-order chi connectivity index (χ0) is 19.5. The van der Waals surface area contributed by atoms with Gasteiger partial charge in [-0.15, -0.1) is 0 Å². The number of fused-ring (bicyclic) bond motifs is 1. The smallest absolute Gasteiger partial charge is 0.240 e. The van der Waals surface area contributed by atoms with Gasteiger partial charge in [-0.2, -0.15) is 0 Å². The molecule has 4 nitrogen and oxygen atoms in total. The molecule has 0 amide bonds. The summed E-state index contributed by atoms with van der Waals surface area (Å²) in [6.45, 7) is 6.94. The first-order chi connectivity index (χ1) is 12.8. The summed E-state index contributed by atoms with van der Waals surface area (Å²) in [5.74, 6) is 0.730. The summed E-state index contributed by atoms with van der Waals surface area (Å²) in [5.41, 5.74) is 1.32. The van der Waals surface area contributed by atoms with Gasteiger partial charge < -0.3 is 4.74 Å². The van der Waals surface area contributed by atoms with Gasteiger partial charge in [-0.3, -0.25) is 0 Å². The maximum Gasteiger partial charge on any atom is 0.240 e. The fraction of sp³-hybridized carbons (Fsp3) is 0.273. The van der Waals surface area contributed by atoms with E-state index in [4.69, 9.17) is 4.74 Å². The van der Waals surface area contributed by atoms with Gasteiger partial charge in [0.05, 0.1) is 4.90 Å². The van der Waals surface area contributed by atoms with Crippen molar-refractivity contribution in [3.05, 3.63) is 72.3 Å². The highest BCUT2D eigenvalue weighted by atomic mass is 32.2. The van der Waals surface area contributed by atoms with E-state index in [9.17, 15) is 8.42 Å². The minimum Gasteiger partial charge on any atom is -0.492 e. The monoisotopic (exact) mass is 383 g/mol. The van der Waals surface area contributed by atoms with Crippen molar-refractivity contribution in [1.29, 1.82) is 0 Å². The van der Waals surface area contributed by atoms with Crippen molar-refractivity contribution < 1.29 is 13.2 Å². The van der Waals surface area contributed by atoms with E-state index >= 15 is 0 Å². The highest BCUT2D eigenvalue weighted by Gasteiger charge is 2.15. The zero-order valence-corrected chi connectivity index (χ0v) is 16.7. The number of rotatable bonds is 6. The molecule has 0 saturated carbocycles. The summed E-state index contributed by atoms with van der Waals surface area (Å²) >= 11 is 0. The molecule has 3 aromatic rings. The predicted molar refractivity (Wildman–Crippen MR) is 110 cm³/mol. The van der Waals surface area contributed by atoms with Gasteiger partial charge in [-0.25, -0.2) is 13.1 Å². The van der Waals surface area contributed by atoms with Gasteiger partial charge >= 0.3 is 0 Å². The molecule has 0 saturated heterocycles. The first-order valence-electron chi connectivity index (χ1n) is 8.97. The van der Waals surface area contributed by atoms with Crippen LogP contribution in [0.4, 0.5) is 0 Å². The Kier molecular flexibility index (Phi) is 5.53. The van der Waals surface area contributed by atoms with E-state index in [-0.39, 0.29) is 23.5 Å². The summed E-state index contributed by atoms with van der Waals surface area (Å²) in [6, 6.07) is 20.7. The molecule has 0 spiro atoms. The van der Waals surface area contributed by atoms with E-state index in [1.165, 1.54) is 5.56 Å². The van der Waals surface area contributed by atoms with E-state index in [1.54, 1.807) is 12.1 Å². The van der Waals surface area contributed by atoms with Gasteiger partial charge in [-0.1, -0.05) is 63.2 Å². The molecule has 27 heavy (non-hydrogen) atoms. The molecular weight excluding hydrogens is 358 g/mol. The first kappa shape index (κ1) is 19.4. The van der Waals surface area contributed by atoms with Crippen LogP contribution in [-0.2, 0) is 15.4 Å². The highest BCUT2D eigenvalue weighted by Crippen LogP contribution is 2.24. The summed E-state index contributed by atoms with van der Waals surface area (Å²) < 4.78 is 33.2. The Balaban J connectivity index is 1.57. The predicted octanol–water partition coefficient (Wildman–Crippen LogP) is 4.49. The van der Waals surface area contributed by atoms with E-state index in [0.29, 0.717) is 0 Å². The van der Waals surface area contributed by atoms with Crippen LogP contribution < -0.4 is 9.46 Å². The lowest BCUT2D eigenvalue weighted by atomic mass is 9.87. The van der Waals surface area contributed by atoms with E-state index in [1.807, 2.05) is 54.6 Å². The van der Waals surface area contributed by atoms with Crippen LogP contribution >= 0.6 is 0 Å². The third-order valence-electron chi connectivity index (χ3n) is 4.41. The molecule has 0 aliphatic heterocycles.